The van der Waals surface area contributed by atoms with Gasteiger partial charge in [-0.25, -0.2) is 0 Å². The molecule has 0 saturated carbocycles. The van der Waals surface area contributed by atoms with Gasteiger partial charge in [0.2, 0.25) is 0 Å². The van der Waals surface area contributed by atoms with Crippen LogP contribution in [0.4, 0.5) is 0 Å². The fraction of sp³-hybridized carbons (Fsp3) is 0.909. The molecule has 2 atom stereocenters. The van der Waals surface area contributed by atoms with E-state index >= 15 is 0 Å². The molecule has 4 heteroatoms. The van der Waals surface area contributed by atoms with E-state index in [1.54, 1.807) is 0 Å². The molecule has 88 valence electrons. The van der Waals surface area contributed by atoms with Gasteiger partial charge < -0.3 is 15.7 Å². The van der Waals surface area contributed by atoms with Gasteiger partial charge in [-0.05, 0) is 31.7 Å². The highest BCUT2D eigenvalue weighted by atomic mass is 32.1. The Balaban J connectivity index is 2.32. The minimum absolute atomic E-state index is 0.299. The van der Waals surface area contributed by atoms with Crippen LogP contribution in [0.3, 0.4) is 0 Å². The van der Waals surface area contributed by atoms with Crippen molar-refractivity contribution >= 4 is 17.2 Å². The normalized spacial score (nSPS) is 25.1. The highest BCUT2D eigenvalue weighted by Gasteiger charge is 2.21. The van der Waals surface area contributed by atoms with E-state index in [1.807, 2.05) is 0 Å². The lowest BCUT2D eigenvalue weighted by Crippen LogP contribution is -2.40. The number of thiocarbonyl (C=S) groups is 1. The average Bonchev–Trinajstić information content (AvgIpc) is 2.18. The second-order valence-corrected chi connectivity index (χ2v) is 5.05. The molecule has 0 bridgehead atoms. The molecule has 15 heavy (non-hydrogen) atoms. The Morgan fingerprint density at radius 2 is 2.40 bits per heavy atom. The summed E-state index contributed by atoms with van der Waals surface area (Å²) in [6.07, 6.45) is 3.41. The number of nitrogens with zero attached hydrogens (tertiary/aromatic N) is 1. The van der Waals surface area contributed by atoms with E-state index in [-0.39, 0.29) is 0 Å². The first-order valence-corrected chi connectivity index (χ1v) is 6.16. The quantitative estimate of drug-likeness (QED) is 0.692. The summed E-state index contributed by atoms with van der Waals surface area (Å²) < 4.78 is 0. The molecule has 1 fully saturated rings. The molecule has 0 aliphatic carbocycles. The number of likely N-dealkylation sites (tertiary alicyclic amines) is 1. The van der Waals surface area contributed by atoms with Crippen molar-refractivity contribution in [1.29, 1.82) is 0 Å². The van der Waals surface area contributed by atoms with Crippen LogP contribution >= 0.6 is 12.2 Å². The van der Waals surface area contributed by atoms with Gasteiger partial charge in [0.25, 0.3) is 0 Å². The van der Waals surface area contributed by atoms with Gasteiger partial charge in [0.05, 0.1) is 4.99 Å². The lowest BCUT2D eigenvalue weighted by molar-refractivity contribution is 0.142. The van der Waals surface area contributed by atoms with E-state index in [0.29, 0.717) is 23.4 Å². The van der Waals surface area contributed by atoms with Crippen molar-refractivity contribution in [3.63, 3.8) is 0 Å². The molecular formula is C11H22N2OS. The molecule has 0 aromatic rings. The molecule has 1 heterocycles. The maximum atomic E-state index is 8.92. The second kappa shape index (κ2) is 6.40. The maximum absolute atomic E-state index is 8.92. The first-order chi connectivity index (χ1) is 7.13. The van der Waals surface area contributed by atoms with Crippen molar-refractivity contribution in [2.24, 2.45) is 17.6 Å². The lowest BCUT2D eigenvalue weighted by atomic mass is 9.94. The molecule has 1 saturated heterocycles. The van der Waals surface area contributed by atoms with Gasteiger partial charge >= 0.3 is 0 Å². The Labute approximate surface area is 97.6 Å². The summed E-state index contributed by atoms with van der Waals surface area (Å²) in [6.45, 7) is 5.60. The summed E-state index contributed by atoms with van der Waals surface area (Å²) in [5.41, 5.74) is 5.61. The smallest absolute Gasteiger partial charge is 0.0768 e. The molecule has 1 aliphatic rings. The summed E-state index contributed by atoms with van der Waals surface area (Å²) >= 11 is 4.98. The van der Waals surface area contributed by atoms with E-state index < -0.39 is 0 Å². The Hall–Kier alpha value is -0.190. The third-order valence-corrected chi connectivity index (χ3v) is 3.56. The fourth-order valence-corrected chi connectivity index (χ4v) is 2.29. The molecule has 1 aliphatic heterocycles. The standard InChI is InChI=1S/C11H22N2OS/c1-9(11(12)15)7-13-5-2-3-10(8-13)4-6-14/h9-10,14H,2-8H2,1H3,(H2,12,15). The van der Waals surface area contributed by atoms with Crippen LogP contribution in [0, 0.1) is 11.8 Å². The highest BCUT2D eigenvalue weighted by molar-refractivity contribution is 7.80. The summed E-state index contributed by atoms with van der Waals surface area (Å²) in [7, 11) is 0. The molecule has 0 aromatic heterocycles. The van der Waals surface area contributed by atoms with Crippen LogP contribution < -0.4 is 5.73 Å². The molecule has 3 nitrogen and oxygen atoms in total. The molecule has 0 radical (unpaired) electrons. The predicted octanol–water partition coefficient (Wildman–Crippen LogP) is 1.00. The summed E-state index contributed by atoms with van der Waals surface area (Å²) in [4.78, 5) is 3.03. The Kier molecular flexibility index (Phi) is 5.50. The minimum atomic E-state index is 0.299. The van der Waals surface area contributed by atoms with E-state index in [9.17, 15) is 0 Å². The van der Waals surface area contributed by atoms with Gasteiger partial charge in [-0.2, -0.15) is 0 Å². The van der Waals surface area contributed by atoms with Crippen LogP contribution in [-0.2, 0) is 0 Å². The third kappa shape index (κ3) is 4.45. The van der Waals surface area contributed by atoms with Crippen LogP contribution in [0.25, 0.3) is 0 Å². The zero-order chi connectivity index (χ0) is 11.3. The monoisotopic (exact) mass is 230 g/mol. The van der Waals surface area contributed by atoms with Crippen LogP contribution in [0.5, 0.6) is 0 Å². The first kappa shape index (κ1) is 12.9. The van der Waals surface area contributed by atoms with Crippen LogP contribution in [0.1, 0.15) is 26.2 Å². The zero-order valence-electron chi connectivity index (χ0n) is 9.48. The topological polar surface area (TPSA) is 49.5 Å². The first-order valence-electron chi connectivity index (χ1n) is 5.76. The second-order valence-electron chi connectivity index (χ2n) is 4.58. The van der Waals surface area contributed by atoms with Crippen LogP contribution in [0.15, 0.2) is 0 Å². The van der Waals surface area contributed by atoms with E-state index in [2.05, 4.69) is 11.8 Å². The Morgan fingerprint density at radius 1 is 1.67 bits per heavy atom. The number of hydrogen-bond donors (Lipinski definition) is 2. The zero-order valence-corrected chi connectivity index (χ0v) is 10.3. The largest absolute Gasteiger partial charge is 0.396 e. The molecule has 1 rings (SSSR count). The van der Waals surface area contributed by atoms with Gasteiger partial charge in [-0.15, -0.1) is 0 Å². The molecule has 2 unspecified atom stereocenters. The van der Waals surface area contributed by atoms with Crippen molar-refractivity contribution in [2.75, 3.05) is 26.2 Å². The van der Waals surface area contributed by atoms with Gasteiger partial charge in [0.1, 0.15) is 0 Å². The van der Waals surface area contributed by atoms with Gasteiger partial charge in [0, 0.05) is 25.6 Å². The number of rotatable bonds is 5. The van der Waals surface area contributed by atoms with Gasteiger partial charge in [-0.1, -0.05) is 19.1 Å². The summed E-state index contributed by atoms with van der Waals surface area (Å²) in [6, 6.07) is 0. The van der Waals surface area contributed by atoms with Crippen molar-refractivity contribution in [2.45, 2.75) is 26.2 Å². The van der Waals surface area contributed by atoms with Crippen LogP contribution in [-0.4, -0.2) is 41.2 Å². The van der Waals surface area contributed by atoms with Crippen molar-refractivity contribution < 1.29 is 5.11 Å². The van der Waals surface area contributed by atoms with E-state index in [0.717, 1.165) is 26.1 Å². The Morgan fingerprint density at radius 3 is 3.00 bits per heavy atom. The van der Waals surface area contributed by atoms with Gasteiger partial charge in [-0.3, -0.25) is 0 Å². The number of piperidine rings is 1. The summed E-state index contributed by atoms with van der Waals surface area (Å²) in [5, 5.41) is 8.92. The SMILES string of the molecule is CC(CN1CCCC(CCO)C1)C(N)=S. The number of aliphatic hydroxyl groups is 1. The molecule has 0 spiro atoms. The average molecular weight is 230 g/mol. The fourth-order valence-electron chi connectivity index (χ4n) is 2.21. The van der Waals surface area contributed by atoms with Crippen molar-refractivity contribution in [3.05, 3.63) is 0 Å². The minimum Gasteiger partial charge on any atom is -0.396 e. The maximum Gasteiger partial charge on any atom is 0.0768 e. The van der Waals surface area contributed by atoms with Crippen LogP contribution in [0.2, 0.25) is 0 Å². The number of nitrogens with two attached hydrogens (primary N) is 1. The molecule has 3 N–H and O–H groups in total. The third-order valence-electron chi connectivity index (χ3n) is 3.16. The Bertz CT molecular complexity index is 209. The number of hydrogen-bond acceptors (Lipinski definition) is 3. The predicted molar refractivity (Wildman–Crippen MR) is 66.8 cm³/mol. The van der Waals surface area contributed by atoms with Gasteiger partial charge in [0.15, 0.2) is 0 Å². The highest BCUT2D eigenvalue weighted by Crippen LogP contribution is 2.19. The molecule has 0 aromatic carbocycles. The van der Waals surface area contributed by atoms with Crippen molar-refractivity contribution in [1.82, 2.24) is 4.90 Å². The molecular weight excluding hydrogens is 208 g/mol. The number of aliphatic hydroxyl groups excluding tert-OH is 1. The lowest BCUT2D eigenvalue weighted by Gasteiger charge is -2.33. The summed E-state index contributed by atoms with van der Waals surface area (Å²) in [5.74, 6) is 0.954. The molecule has 0 amide bonds. The van der Waals surface area contributed by atoms with E-state index in [4.69, 9.17) is 23.1 Å². The van der Waals surface area contributed by atoms with E-state index in [1.165, 1.54) is 12.8 Å². The van der Waals surface area contributed by atoms with Crippen molar-refractivity contribution in [3.8, 4) is 0 Å².